The molecule has 0 amide bonds. The predicted molar refractivity (Wildman–Crippen MR) is 118 cm³/mol. The number of phenols is 1. The van der Waals surface area contributed by atoms with Crippen molar-refractivity contribution in [2.24, 2.45) is 5.92 Å². The van der Waals surface area contributed by atoms with Gasteiger partial charge in [0.15, 0.2) is 11.5 Å². The van der Waals surface area contributed by atoms with Gasteiger partial charge in [-0.05, 0) is 61.3 Å². The minimum Gasteiger partial charge on any atom is -0.504 e. The van der Waals surface area contributed by atoms with E-state index in [1.807, 2.05) is 42.6 Å². The van der Waals surface area contributed by atoms with E-state index in [9.17, 15) is 10.2 Å². The number of piperidine rings is 1. The molecule has 1 aromatic heterocycles. The molecule has 5 atom stereocenters. The first-order chi connectivity index (χ1) is 15.1. The molecule has 0 unspecified atom stereocenters. The van der Waals surface area contributed by atoms with Crippen molar-refractivity contribution in [2.75, 3.05) is 13.6 Å². The topological polar surface area (TPSA) is 65.8 Å². The van der Waals surface area contributed by atoms with E-state index >= 15 is 0 Å². The molecule has 2 bridgehead atoms. The third-order valence-electron chi connectivity index (χ3n) is 8.22. The standard InChI is InChI=1S/C26H24N2O3/c1-28-11-9-26-18-6-7-21(29)25(26)31-24-22(30)13-16(17(23(24)26)12-20(18)28)14-8-10-27-19-5-3-2-4-15(14)19/h2-8,10,13,18,20-21,25,29-30H,9,11-12H2,1H3/t18-,20+,21-,25-,26-/m0/s1. The van der Waals surface area contributed by atoms with Crippen LogP contribution in [0.3, 0.4) is 0 Å². The number of hydrogen-bond acceptors (Lipinski definition) is 5. The SMILES string of the molecule is CN1CC[C@]23c4c5c(-c6ccnc7ccccc67)cc(O)c4O[C@H]2[C@@H](O)C=C[C@H]3[C@H]1C5. The van der Waals surface area contributed by atoms with Gasteiger partial charge in [0.1, 0.15) is 12.2 Å². The number of para-hydroxylation sites is 1. The maximum absolute atomic E-state index is 11.1. The first-order valence-electron chi connectivity index (χ1n) is 11.1. The molecule has 2 aliphatic heterocycles. The maximum atomic E-state index is 11.1. The fraction of sp³-hybridized carbons (Fsp3) is 0.346. The lowest BCUT2D eigenvalue weighted by Gasteiger charge is -2.56. The number of hydrogen-bond donors (Lipinski definition) is 2. The maximum Gasteiger partial charge on any atom is 0.165 e. The highest BCUT2D eigenvalue weighted by Gasteiger charge is 2.64. The second-order valence-corrected chi connectivity index (χ2v) is 9.48. The molecule has 0 radical (unpaired) electrons. The molecule has 5 heteroatoms. The monoisotopic (exact) mass is 412 g/mol. The molecule has 3 heterocycles. The van der Waals surface area contributed by atoms with Crippen molar-refractivity contribution in [1.82, 2.24) is 9.88 Å². The van der Waals surface area contributed by atoms with E-state index in [-0.39, 0.29) is 23.2 Å². The Kier molecular flexibility index (Phi) is 3.36. The van der Waals surface area contributed by atoms with Gasteiger partial charge >= 0.3 is 0 Å². The Bertz CT molecular complexity index is 1280. The zero-order valence-corrected chi connectivity index (χ0v) is 17.3. The van der Waals surface area contributed by atoms with Crippen molar-refractivity contribution < 1.29 is 14.9 Å². The molecule has 7 rings (SSSR count). The van der Waals surface area contributed by atoms with Crippen molar-refractivity contribution in [1.29, 1.82) is 0 Å². The number of fused-ring (bicyclic) bond motifs is 1. The van der Waals surface area contributed by atoms with Gasteiger partial charge in [0.25, 0.3) is 0 Å². The van der Waals surface area contributed by atoms with E-state index in [1.165, 1.54) is 5.56 Å². The van der Waals surface area contributed by atoms with Crippen LogP contribution in [0, 0.1) is 5.92 Å². The summed E-state index contributed by atoms with van der Waals surface area (Å²) < 4.78 is 6.35. The highest BCUT2D eigenvalue weighted by molar-refractivity contribution is 5.96. The lowest BCUT2D eigenvalue weighted by molar-refractivity contribution is -0.0452. The summed E-state index contributed by atoms with van der Waals surface area (Å²) in [5, 5.41) is 23.0. The average molecular weight is 412 g/mol. The van der Waals surface area contributed by atoms with Gasteiger partial charge in [0, 0.05) is 34.5 Å². The zero-order valence-electron chi connectivity index (χ0n) is 17.3. The molecule has 3 aromatic rings. The van der Waals surface area contributed by atoms with Gasteiger partial charge in [-0.3, -0.25) is 4.98 Å². The summed E-state index contributed by atoms with van der Waals surface area (Å²) in [4.78, 5) is 6.99. The lowest BCUT2D eigenvalue weighted by atomic mass is 9.53. The number of aromatic nitrogens is 1. The van der Waals surface area contributed by atoms with Gasteiger partial charge in [-0.1, -0.05) is 30.4 Å². The Labute approximate surface area is 180 Å². The number of aliphatic hydroxyl groups excluding tert-OH is 1. The largest absolute Gasteiger partial charge is 0.504 e. The van der Waals surface area contributed by atoms with E-state index in [2.05, 4.69) is 29.1 Å². The normalized spacial score (nSPS) is 32.7. The Morgan fingerprint density at radius 2 is 2.03 bits per heavy atom. The molecule has 2 N–H and O–H groups in total. The van der Waals surface area contributed by atoms with Crippen LogP contribution in [0.4, 0.5) is 0 Å². The quantitative estimate of drug-likeness (QED) is 0.600. The fourth-order valence-corrected chi connectivity index (χ4v) is 6.89. The summed E-state index contributed by atoms with van der Waals surface area (Å²) >= 11 is 0. The van der Waals surface area contributed by atoms with Crippen LogP contribution in [0.1, 0.15) is 17.5 Å². The molecule has 1 spiro atoms. The minimum absolute atomic E-state index is 0.168. The number of benzene rings is 2. The third-order valence-corrected chi connectivity index (χ3v) is 8.22. The minimum atomic E-state index is -0.664. The Morgan fingerprint density at radius 3 is 2.94 bits per heavy atom. The van der Waals surface area contributed by atoms with E-state index in [4.69, 9.17) is 4.74 Å². The average Bonchev–Trinajstić information content (AvgIpc) is 3.14. The molecule has 1 saturated heterocycles. The second kappa shape index (κ2) is 5.87. The zero-order chi connectivity index (χ0) is 20.9. The van der Waals surface area contributed by atoms with Crippen molar-refractivity contribution in [2.45, 2.75) is 36.5 Å². The summed E-state index contributed by atoms with van der Waals surface area (Å²) in [6.07, 6.45) is 6.74. The molecule has 0 saturated carbocycles. The molecule has 4 aliphatic rings. The highest BCUT2D eigenvalue weighted by atomic mass is 16.5. The number of aromatic hydroxyl groups is 1. The first kappa shape index (κ1) is 17.8. The molecular weight excluding hydrogens is 388 g/mol. The third kappa shape index (κ3) is 2.06. The molecule has 2 aromatic carbocycles. The van der Waals surface area contributed by atoms with Crippen LogP contribution < -0.4 is 4.74 Å². The molecular formula is C26H24N2O3. The van der Waals surface area contributed by atoms with Crippen LogP contribution in [-0.4, -0.2) is 51.9 Å². The van der Waals surface area contributed by atoms with Crippen LogP contribution in [0.25, 0.3) is 22.0 Å². The van der Waals surface area contributed by atoms with Gasteiger partial charge in [-0.25, -0.2) is 0 Å². The first-order valence-corrected chi connectivity index (χ1v) is 11.1. The number of rotatable bonds is 1. The van der Waals surface area contributed by atoms with Gasteiger partial charge in [0.2, 0.25) is 0 Å². The number of aliphatic hydroxyl groups is 1. The van der Waals surface area contributed by atoms with Crippen LogP contribution in [0.15, 0.2) is 54.7 Å². The molecule has 2 aliphatic carbocycles. The molecule has 5 nitrogen and oxygen atoms in total. The number of likely N-dealkylation sites (tertiary alicyclic amines) is 1. The van der Waals surface area contributed by atoms with E-state index < -0.39 is 6.10 Å². The summed E-state index contributed by atoms with van der Waals surface area (Å²) in [5.74, 6) is 1.02. The Hall–Kier alpha value is -2.89. The van der Waals surface area contributed by atoms with E-state index in [1.54, 1.807) is 0 Å². The van der Waals surface area contributed by atoms with Gasteiger partial charge in [0.05, 0.1) is 5.52 Å². The van der Waals surface area contributed by atoms with Crippen LogP contribution in [0.2, 0.25) is 0 Å². The lowest BCUT2D eigenvalue weighted by Crippen LogP contribution is -2.64. The summed E-state index contributed by atoms with van der Waals surface area (Å²) in [6, 6.07) is 12.4. The number of pyridine rings is 1. The van der Waals surface area contributed by atoms with Crippen LogP contribution in [0.5, 0.6) is 11.5 Å². The Balaban J connectivity index is 1.57. The Morgan fingerprint density at radius 1 is 1.16 bits per heavy atom. The van der Waals surface area contributed by atoms with Gasteiger partial charge in [-0.15, -0.1) is 0 Å². The van der Waals surface area contributed by atoms with E-state index in [0.717, 1.165) is 47.0 Å². The number of ether oxygens (including phenoxy) is 1. The van der Waals surface area contributed by atoms with Crippen molar-refractivity contribution in [3.63, 3.8) is 0 Å². The smallest absolute Gasteiger partial charge is 0.165 e. The van der Waals surface area contributed by atoms with Crippen molar-refractivity contribution in [3.05, 3.63) is 65.9 Å². The number of nitrogens with zero attached hydrogens (tertiary/aromatic N) is 2. The number of phenolic OH excluding ortho intramolecular Hbond substituents is 1. The predicted octanol–water partition coefficient (Wildman–Crippen LogP) is 3.41. The van der Waals surface area contributed by atoms with Crippen molar-refractivity contribution >= 4 is 10.9 Å². The van der Waals surface area contributed by atoms with Crippen LogP contribution in [-0.2, 0) is 11.8 Å². The van der Waals surface area contributed by atoms with Crippen LogP contribution >= 0.6 is 0 Å². The molecule has 31 heavy (non-hydrogen) atoms. The summed E-state index contributed by atoms with van der Waals surface area (Å²) in [7, 11) is 2.20. The van der Waals surface area contributed by atoms with E-state index in [0.29, 0.717) is 11.8 Å². The van der Waals surface area contributed by atoms with Gasteiger partial charge < -0.3 is 19.8 Å². The van der Waals surface area contributed by atoms with Gasteiger partial charge in [-0.2, -0.15) is 0 Å². The summed E-state index contributed by atoms with van der Waals surface area (Å²) in [5.41, 5.74) is 5.19. The molecule has 1 fully saturated rings. The summed E-state index contributed by atoms with van der Waals surface area (Å²) in [6.45, 7) is 0.962. The van der Waals surface area contributed by atoms with Crippen molar-refractivity contribution in [3.8, 4) is 22.6 Å². The second-order valence-electron chi connectivity index (χ2n) is 9.48. The highest BCUT2D eigenvalue weighted by Crippen LogP contribution is 2.63. The number of likely N-dealkylation sites (N-methyl/N-ethyl adjacent to an activating group) is 1. The molecule has 156 valence electrons. The fourth-order valence-electron chi connectivity index (χ4n) is 6.89.